The van der Waals surface area contributed by atoms with Crippen LogP contribution in [0.3, 0.4) is 0 Å². The highest BCUT2D eigenvalue weighted by atomic mass is 32.1. The number of aryl methyl sites for hydroxylation is 1. The monoisotopic (exact) mass is 331 g/mol. The van der Waals surface area contributed by atoms with E-state index < -0.39 is 0 Å². The van der Waals surface area contributed by atoms with Gasteiger partial charge >= 0.3 is 0 Å². The Hall–Kier alpha value is -1.76. The van der Waals surface area contributed by atoms with Gasteiger partial charge in [-0.15, -0.1) is 11.3 Å². The molecular weight excluding hydrogens is 310 g/mol. The molecule has 0 bridgehead atoms. The fourth-order valence-corrected chi connectivity index (χ4v) is 3.25. The number of hydrogen-bond acceptors (Lipinski definition) is 5. The summed E-state index contributed by atoms with van der Waals surface area (Å²) in [6.07, 6.45) is 0.0242. The number of nitrogens with one attached hydrogen (secondary N) is 1. The van der Waals surface area contributed by atoms with Crippen LogP contribution in [0.2, 0.25) is 0 Å². The summed E-state index contributed by atoms with van der Waals surface area (Å²) < 4.78 is 5.76. The largest absolute Gasteiger partial charge is 0.374 e. The van der Waals surface area contributed by atoms with Crippen molar-refractivity contribution in [3.05, 3.63) is 52.0 Å². The van der Waals surface area contributed by atoms with Gasteiger partial charge in [-0.1, -0.05) is 30.3 Å². The number of ether oxygens (including phenoxy) is 1. The number of benzene rings is 1. The van der Waals surface area contributed by atoms with Crippen molar-refractivity contribution in [2.45, 2.75) is 19.6 Å². The molecule has 1 aliphatic rings. The van der Waals surface area contributed by atoms with Gasteiger partial charge in [0, 0.05) is 31.6 Å². The van der Waals surface area contributed by atoms with Crippen LogP contribution in [0.1, 0.15) is 21.1 Å². The first kappa shape index (κ1) is 16.1. The van der Waals surface area contributed by atoms with Crippen LogP contribution in [0.4, 0.5) is 0 Å². The first-order chi connectivity index (χ1) is 11.2. The summed E-state index contributed by atoms with van der Waals surface area (Å²) in [5, 5.41) is 5.61. The zero-order valence-electron chi connectivity index (χ0n) is 13.2. The molecule has 23 heavy (non-hydrogen) atoms. The molecule has 6 heteroatoms. The lowest BCUT2D eigenvalue weighted by Gasteiger charge is -2.33. The molecule has 1 N–H and O–H groups in total. The average molecular weight is 331 g/mol. The topological polar surface area (TPSA) is 54.5 Å². The summed E-state index contributed by atoms with van der Waals surface area (Å²) in [6.45, 7) is 5.77. The van der Waals surface area contributed by atoms with E-state index in [2.05, 4.69) is 39.5 Å². The lowest BCUT2D eigenvalue weighted by Crippen LogP contribution is -2.47. The Labute approximate surface area is 140 Å². The fraction of sp³-hybridized carbons (Fsp3) is 0.412. The Bertz CT molecular complexity index is 644. The molecule has 1 amide bonds. The molecule has 0 aliphatic carbocycles. The van der Waals surface area contributed by atoms with Crippen LogP contribution < -0.4 is 5.32 Å². The predicted molar refractivity (Wildman–Crippen MR) is 90.6 cm³/mol. The van der Waals surface area contributed by atoms with E-state index in [4.69, 9.17) is 4.74 Å². The average Bonchev–Trinajstić information content (AvgIpc) is 3.01. The zero-order valence-corrected chi connectivity index (χ0v) is 14.0. The quantitative estimate of drug-likeness (QED) is 0.911. The number of carbonyl (C=O) groups is 1. The molecule has 5 nitrogen and oxygen atoms in total. The van der Waals surface area contributed by atoms with Crippen molar-refractivity contribution in [3.63, 3.8) is 0 Å². The molecule has 0 radical (unpaired) electrons. The van der Waals surface area contributed by atoms with Gasteiger partial charge in [0.1, 0.15) is 5.69 Å². The minimum absolute atomic E-state index is 0.0242. The number of morpholine rings is 1. The maximum atomic E-state index is 12.0. The minimum atomic E-state index is -0.127. The van der Waals surface area contributed by atoms with E-state index in [-0.39, 0.29) is 12.0 Å². The van der Waals surface area contributed by atoms with Crippen LogP contribution in [-0.4, -0.2) is 48.1 Å². The number of thiazole rings is 1. The molecule has 0 spiro atoms. The Balaban J connectivity index is 1.48. The number of hydrogen-bond donors (Lipinski definition) is 1. The maximum Gasteiger partial charge on any atom is 0.270 e. The van der Waals surface area contributed by atoms with E-state index in [1.807, 2.05) is 13.0 Å². The third-order valence-electron chi connectivity index (χ3n) is 3.81. The summed E-state index contributed by atoms with van der Waals surface area (Å²) >= 11 is 1.48. The molecule has 1 saturated heterocycles. The van der Waals surface area contributed by atoms with Gasteiger partial charge in [-0.3, -0.25) is 9.69 Å². The maximum absolute atomic E-state index is 12.0. The number of amides is 1. The molecule has 0 unspecified atom stereocenters. The van der Waals surface area contributed by atoms with Crippen molar-refractivity contribution in [2.75, 3.05) is 26.2 Å². The van der Waals surface area contributed by atoms with E-state index in [9.17, 15) is 4.79 Å². The Morgan fingerprint density at radius 3 is 3.00 bits per heavy atom. The number of carbonyl (C=O) groups excluding carboxylic acids is 1. The van der Waals surface area contributed by atoms with E-state index in [1.54, 1.807) is 5.38 Å². The Kier molecular flexibility index (Phi) is 5.38. The second-order valence-electron chi connectivity index (χ2n) is 5.68. The molecule has 3 rings (SSSR count). The number of rotatable bonds is 5. The van der Waals surface area contributed by atoms with Crippen molar-refractivity contribution in [2.24, 2.45) is 0 Å². The smallest absolute Gasteiger partial charge is 0.270 e. The third-order valence-corrected chi connectivity index (χ3v) is 4.59. The van der Waals surface area contributed by atoms with Gasteiger partial charge < -0.3 is 10.1 Å². The first-order valence-electron chi connectivity index (χ1n) is 7.79. The Morgan fingerprint density at radius 1 is 1.43 bits per heavy atom. The highest BCUT2D eigenvalue weighted by molar-refractivity contribution is 7.09. The SMILES string of the molecule is Cc1nc(C(=O)NC[C@@H]2CN(Cc3ccccc3)CCO2)cs1. The molecule has 1 fully saturated rings. The first-order valence-corrected chi connectivity index (χ1v) is 8.67. The van der Waals surface area contributed by atoms with Gasteiger partial charge in [-0.25, -0.2) is 4.98 Å². The van der Waals surface area contributed by atoms with Crippen molar-refractivity contribution in [1.82, 2.24) is 15.2 Å². The normalized spacial score (nSPS) is 18.7. The predicted octanol–water partition coefficient (Wildman–Crippen LogP) is 2.08. The highest BCUT2D eigenvalue weighted by Gasteiger charge is 2.21. The Morgan fingerprint density at radius 2 is 2.26 bits per heavy atom. The van der Waals surface area contributed by atoms with Gasteiger partial charge in [-0.2, -0.15) is 0 Å². The van der Waals surface area contributed by atoms with E-state index >= 15 is 0 Å². The molecule has 2 aromatic rings. The van der Waals surface area contributed by atoms with Crippen molar-refractivity contribution >= 4 is 17.2 Å². The van der Waals surface area contributed by atoms with Crippen LogP contribution in [0.5, 0.6) is 0 Å². The molecule has 2 heterocycles. The van der Waals surface area contributed by atoms with Crippen LogP contribution in [-0.2, 0) is 11.3 Å². The van der Waals surface area contributed by atoms with Crippen molar-refractivity contribution < 1.29 is 9.53 Å². The van der Waals surface area contributed by atoms with Crippen LogP contribution >= 0.6 is 11.3 Å². The fourth-order valence-electron chi connectivity index (χ4n) is 2.65. The molecular formula is C17H21N3O2S. The van der Waals surface area contributed by atoms with Crippen LogP contribution in [0.15, 0.2) is 35.7 Å². The molecule has 1 atom stereocenters. The molecule has 1 aromatic heterocycles. The summed E-state index contributed by atoms with van der Waals surface area (Å²) in [5.41, 5.74) is 1.79. The van der Waals surface area contributed by atoms with Gasteiger partial charge in [0.05, 0.1) is 17.7 Å². The van der Waals surface area contributed by atoms with E-state index in [1.165, 1.54) is 16.9 Å². The number of nitrogens with zero attached hydrogens (tertiary/aromatic N) is 2. The number of aromatic nitrogens is 1. The van der Waals surface area contributed by atoms with Gasteiger partial charge in [0.2, 0.25) is 0 Å². The van der Waals surface area contributed by atoms with E-state index in [0.717, 1.165) is 24.6 Å². The zero-order chi connectivity index (χ0) is 16.1. The highest BCUT2D eigenvalue weighted by Crippen LogP contribution is 2.11. The van der Waals surface area contributed by atoms with Crippen LogP contribution in [0.25, 0.3) is 0 Å². The van der Waals surface area contributed by atoms with Crippen molar-refractivity contribution in [3.8, 4) is 0 Å². The lowest BCUT2D eigenvalue weighted by molar-refractivity contribution is -0.0292. The third kappa shape index (κ3) is 4.60. The summed E-state index contributed by atoms with van der Waals surface area (Å²) in [4.78, 5) is 18.6. The van der Waals surface area contributed by atoms with Gasteiger partial charge in [-0.05, 0) is 12.5 Å². The standard InChI is InChI=1S/C17H21N3O2S/c1-13-19-16(12-23-13)17(21)18-9-15-11-20(7-8-22-15)10-14-5-3-2-4-6-14/h2-6,12,15H,7-11H2,1H3,(H,18,21)/t15-/m1/s1. The molecule has 122 valence electrons. The van der Waals surface area contributed by atoms with E-state index in [0.29, 0.717) is 18.8 Å². The van der Waals surface area contributed by atoms with Crippen molar-refractivity contribution in [1.29, 1.82) is 0 Å². The van der Waals surface area contributed by atoms with Gasteiger partial charge in [0.25, 0.3) is 5.91 Å². The molecule has 1 aromatic carbocycles. The summed E-state index contributed by atoms with van der Waals surface area (Å²) in [7, 11) is 0. The second kappa shape index (κ2) is 7.68. The molecule has 0 saturated carbocycles. The van der Waals surface area contributed by atoms with Crippen LogP contribution in [0, 0.1) is 6.92 Å². The summed E-state index contributed by atoms with van der Waals surface area (Å²) in [5.74, 6) is -0.127. The summed E-state index contributed by atoms with van der Waals surface area (Å²) in [6, 6.07) is 10.4. The molecule has 1 aliphatic heterocycles. The lowest BCUT2D eigenvalue weighted by atomic mass is 10.2. The second-order valence-corrected chi connectivity index (χ2v) is 6.74. The van der Waals surface area contributed by atoms with Gasteiger partial charge in [0.15, 0.2) is 0 Å². The minimum Gasteiger partial charge on any atom is -0.374 e.